The minimum absolute atomic E-state index is 0.385. The van der Waals surface area contributed by atoms with Gasteiger partial charge >= 0.3 is 0 Å². The highest BCUT2D eigenvalue weighted by Gasteiger charge is 2.11. The number of aliphatic hydroxyl groups is 1. The molecule has 0 aliphatic rings. The Morgan fingerprint density at radius 3 is 2.50 bits per heavy atom. The fourth-order valence-corrected chi connectivity index (χ4v) is 2.12. The van der Waals surface area contributed by atoms with Crippen molar-refractivity contribution in [1.82, 2.24) is 4.98 Å². The van der Waals surface area contributed by atoms with Gasteiger partial charge in [-0.25, -0.2) is 4.98 Å². The van der Waals surface area contributed by atoms with Crippen LogP contribution in [0.5, 0.6) is 0 Å². The molecule has 0 amide bonds. The summed E-state index contributed by atoms with van der Waals surface area (Å²) >= 11 is 6.05. The zero-order chi connectivity index (χ0) is 11.9. The average molecular weight is 236 g/mol. The predicted octanol–water partition coefficient (Wildman–Crippen LogP) is 3.56. The van der Waals surface area contributed by atoms with Crippen molar-refractivity contribution in [2.24, 2.45) is 0 Å². The molecule has 0 bridgehead atoms. The normalized spacial score (nSPS) is 13.1. The molecule has 2 aromatic rings. The molecule has 1 atom stereocenters. The molecule has 0 radical (unpaired) electrons. The van der Waals surface area contributed by atoms with E-state index in [0.717, 1.165) is 22.0 Å². The Labute approximate surface area is 99.9 Å². The molecular weight excluding hydrogens is 222 g/mol. The van der Waals surface area contributed by atoms with Crippen LogP contribution in [0.4, 0.5) is 0 Å². The number of aryl methyl sites for hydroxylation is 2. The molecule has 0 saturated carbocycles. The molecule has 0 fully saturated rings. The first-order chi connectivity index (χ1) is 7.50. The predicted molar refractivity (Wildman–Crippen MR) is 66.9 cm³/mol. The highest BCUT2D eigenvalue weighted by atomic mass is 35.5. The van der Waals surface area contributed by atoms with Gasteiger partial charge in [-0.3, -0.25) is 0 Å². The fourth-order valence-electron chi connectivity index (χ4n) is 1.82. The average Bonchev–Trinajstić information content (AvgIpc) is 2.23. The number of nitrogens with zero attached hydrogens (tertiary/aromatic N) is 1. The SMILES string of the molecule is Cc1ccc(C)c2nc(Cl)c(C(C)O)cc12. The zero-order valence-electron chi connectivity index (χ0n) is 9.58. The summed E-state index contributed by atoms with van der Waals surface area (Å²) in [7, 11) is 0. The first-order valence-electron chi connectivity index (χ1n) is 5.25. The first-order valence-corrected chi connectivity index (χ1v) is 5.63. The Hall–Kier alpha value is -1.12. The number of rotatable bonds is 1. The highest BCUT2D eigenvalue weighted by Crippen LogP contribution is 2.28. The number of aromatic nitrogens is 1. The summed E-state index contributed by atoms with van der Waals surface area (Å²) in [5, 5.41) is 11.0. The van der Waals surface area contributed by atoms with Crippen molar-refractivity contribution in [3.05, 3.63) is 40.0 Å². The molecule has 0 aliphatic heterocycles. The number of hydrogen-bond acceptors (Lipinski definition) is 2. The summed E-state index contributed by atoms with van der Waals surface area (Å²) in [5.74, 6) is 0. The molecule has 84 valence electrons. The van der Waals surface area contributed by atoms with Gasteiger partial charge in [-0.1, -0.05) is 23.7 Å². The van der Waals surface area contributed by atoms with E-state index < -0.39 is 6.10 Å². The van der Waals surface area contributed by atoms with E-state index in [1.807, 2.05) is 26.0 Å². The topological polar surface area (TPSA) is 33.1 Å². The van der Waals surface area contributed by atoms with E-state index in [2.05, 4.69) is 11.1 Å². The van der Waals surface area contributed by atoms with E-state index in [-0.39, 0.29) is 0 Å². The third-order valence-corrected chi connectivity index (χ3v) is 3.14. The van der Waals surface area contributed by atoms with Crippen LogP contribution in [0.1, 0.15) is 29.7 Å². The van der Waals surface area contributed by atoms with Crippen molar-refractivity contribution in [3.63, 3.8) is 0 Å². The number of hydrogen-bond donors (Lipinski definition) is 1. The van der Waals surface area contributed by atoms with Crippen molar-refractivity contribution >= 4 is 22.5 Å². The lowest BCUT2D eigenvalue weighted by atomic mass is 10.0. The van der Waals surface area contributed by atoms with E-state index >= 15 is 0 Å². The summed E-state index contributed by atoms with van der Waals surface area (Å²) in [5.41, 5.74) is 3.84. The molecule has 0 saturated heterocycles. The second kappa shape index (κ2) is 4.04. The van der Waals surface area contributed by atoms with E-state index in [0.29, 0.717) is 10.7 Å². The first kappa shape index (κ1) is 11.4. The number of benzene rings is 1. The van der Waals surface area contributed by atoms with Gasteiger partial charge in [0, 0.05) is 10.9 Å². The second-order valence-corrected chi connectivity index (χ2v) is 4.50. The third-order valence-electron chi connectivity index (χ3n) is 2.83. The number of aliphatic hydroxyl groups excluding tert-OH is 1. The molecule has 0 aliphatic carbocycles. The molecule has 0 spiro atoms. The monoisotopic (exact) mass is 235 g/mol. The van der Waals surface area contributed by atoms with Gasteiger partial charge in [0.15, 0.2) is 0 Å². The summed E-state index contributed by atoms with van der Waals surface area (Å²) in [6.45, 7) is 5.73. The Morgan fingerprint density at radius 1 is 1.25 bits per heavy atom. The van der Waals surface area contributed by atoms with E-state index in [4.69, 9.17) is 11.6 Å². The number of pyridine rings is 1. The molecule has 2 rings (SSSR count). The fraction of sp³-hybridized carbons (Fsp3) is 0.308. The van der Waals surface area contributed by atoms with Gasteiger partial charge in [-0.15, -0.1) is 0 Å². The van der Waals surface area contributed by atoms with Gasteiger partial charge in [0.25, 0.3) is 0 Å². The Bertz CT molecular complexity index is 549. The van der Waals surface area contributed by atoms with E-state index in [9.17, 15) is 5.11 Å². The molecular formula is C13H14ClNO. The summed E-state index contributed by atoms with van der Waals surface area (Å²) < 4.78 is 0. The van der Waals surface area contributed by atoms with Gasteiger partial charge < -0.3 is 5.11 Å². The molecule has 1 N–H and O–H groups in total. The quantitative estimate of drug-likeness (QED) is 0.767. The van der Waals surface area contributed by atoms with Crippen LogP contribution in [0.2, 0.25) is 5.15 Å². The van der Waals surface area contributed by atoms with Crippen LogP contribution in [0.25, 0.3) is 10.9 Å². The van der Waals surface area contributed by atoms with E-state index in [1.54, 1.807) is 6.92 Å². The molecule has 1 unspecified atom stereocenters. The highest BCUT2D eigenvalue weighted by molar-refractivity contribution is 6.30. The number of halogens is 1. The largest absolute Gasteiger partial charge is 0.389 e. The van der Waals surface area contributed by atoms with Crippen molar-refractivity contribution in [3.8, 4) is 0 Å². The van der Waals surface area contributed by atoms with Crippen molar-refractivity contribution in [2.45, 2.75) is 26.9 Å². The second-order valence-electron chi connectivity index (χ2n) is 4.14. The Morgan fingerprint density at radius 2 is 1.88 bits per heavy atom. The lowest BCUT2D eigenvalue weighted by molar-refractivity contribution is 0.199. The minimum atomic E-state index is -0.593. The van der Waals surface area contributed by atoms with Crippen LogP contribution in [0, 0.1) is 13.8 Å². The minimum Gasteiger partial charge on any atom is -0.389 e. The van der Waals surface area contributed by atoms with Crippen molar-refractivity contribution in [2.75, 3.05) is 0 Å². The molecule has 16 heavy (non-hydrogen) atoms. The van der Waals surface area contributed by atoms with Gasteiger partial charge in [-0.05, 0) is 38.0 Å². The van der Waals surface area contributed by atoms with Gasteiger partial charge in [0.2, 0.25) is 0 Å². The standard InChI is InChI=1S/C13H14ClNO/c1-7-4-5-8(2)12-10(7)6-11(9(3)16)13(14)15-12/h4-6,9,16H,1-3H3. The lowest BCUT2D eigenvalue weighted by Crippen LogP contribution is -1.97. The van der Waals surface area contributed by atoms with Crippen molar-refractivity contribution < 1.29 is 5.11 Å². The van der Waals surface area contributed by atoms with Crippen LogP contribution in [-0.2, 0) is 0 Å². The molecule has 2 nitrogen and oxygen atoms in total. The van der Waals surface area contributed by atoms with Crippen LogP contribution < -0.4 is 0 Å². The summed E-state index contributed by atoms with van der Waals surface area (Å²) in [6.07, 6.45) is -0.593. The van der Waals surface area contributed by atoms with Crippen molar-refractivity contribution in [1.29, 1.82) is 0 Å². The van der Waals surface area contributed by atoms with E-state index in [1.165, 1.54) is 0 Å². The maximum absolute atomic E-state index is 9.60. The van der Waals surface area contributed by atoms with Gasteiger partial charge in [-0.2, -0.15) is 0 Å². The Balaban J connectivity index is 2.84. The maximum Gasteiger partial charge on any atom is 0.135 e. The molecule has 1 aromatic heterocycles. The number of fused-ring (bicyclic) bond motifs is 1. The zero-order valence-corrected chi connectivity index (χ0v) is 10.3. The molecule has 3 heteroatoms. The van der Waals surface area contributed by atoms with Crippen LogP contribution in [0.3, 0.4) is 0 Å². The van der Waals surface area contributed by atoms with Gasteiger partial charge in [0.05, 0.1) is 11.6 Å². The molecule has 1 heterocycles. The summed E-state index contributed by atoms with van der Waals surface area (Å²) in [4.78, 5) is 4.36. The third kappa shape index (κ3) is 1.79. The summed E-state index contributed by atoms with van der Waals surface area (Å²) in [6, 6.07) is 6.01. The Kier molecular flexibility index (Phi) is 2.87. The van der Waals surface area contributed by atoms with Crippen LogP contribution in [0.15, 0.2) is 18.2 Å². The van der Waals surface area contributed by atoms with Crippen LogP contribution in [-0.4, -0.2) is 10.1 Å². The smallest absolute Gasteiger partial charge is 0.135 e. The van der Waals surface area contributed by atoms with Crippen LogP contribution >= 0.6 is 11.6 Å². The maximum atomic E-state index is 9.60. The lowest BCUT2D eigenvalue weighted by Gasteiger charge is -2.11. The van der Waals surface area contributed by atoms with Gasteiger partial charge in [0.1, 0.15) is 5.15 Å². The molecule has 1 aromatic carbocycles.